The predicted molar refractivity (Wildman–Crippen MR) is 58.1 cm³/mol. The van der Waals surface area contributed by atoms with Gasteiger partial charge in [0, 0.05) is 17.6 Å². The Balaban J connectivity index is 3.11. The molecule has 0 radical (unpaired) electrons. The first-order valence-electron chi connectivity index (χ1n) is 4.88. The van der Waals surface area contributed by atoms with E-state index in [1.807, 2.05) is 20.8 Å². The van der Waals surface area contributed by atoms with E-state index < -0.39 is 11.9 Å². The topological polar surface area (TPSA) is 66.1 Å². The number of carboxylic acids is 1. The zero-order valence-electron chi connectivity index (χ0n) is 9.28. The largest absolute Gasteiger partial charge is 0.549 e. The number of rotatable bonds is 2. The van der Waals surface area contributed by atoms with Crippen LogP contribution in [0.15, 0.2) is 24.3 Å². The van der Waals surface area contributed by atoms with Crippen LogP contribution in [0.25, 0.3) is 0 Å². The van der Waals surface area contributed by atoms with Gasteiger partial charge < -0.3 is 15.6 Å². The van der Waals surface area contributed by atoms with Gasteiger partial charge in [0.2, 0.25) is 0 Å². The standard InChI is InChI=1S/C12H17NO2/c1-12(2,3)10(11(14)15)8-4-6-9(13)7-5-8/h4-7,10H,13H2,1-3H3,(H,14,15)/p-1. The molecule has 3 heteroatoms. The Hall–Kier alpha value is -1.51. The van der Waals surface area contributed by atoms with Gasteiger partial charge in [-0.2, -0.15) is 0 Å². The second-order valence-electron chi connectivity index (χ2n) is 4.78. The van der Waals surface area contributed by atoms with Crippen LogP contribution in [0.2, 0.25) is 0 Å². The summed E-state index contributed by atoms with van der Waals surface area (Å²) in [4.78, 5) is 11.1. The van der Waals surface area contributed by atoms with Crippen LogP contribution in [0.1, 0.15) is 32.3 Å². The quantitative estimate of drug-likeness (QED) is 0.738. The Bertz CT molecular complexity index is 349. The summed E-state index contributed by atoms with van der Waals surface area (Å²) >= 11 is 0. The van der Waals surface area contributed by atoms with Crippen molar-refractivity contribution in [3.8, 4) is 0 Å². The van der Waals surface area contributed by atoms with Crippen molar-refractivity contribution < 1.29 is 9.90 Å². The molecule has 0 aliphatic carbocycles. The number of carbonyl (C=O) groups is 1. The summed E-state index contributed by atoms with van der Waals surface area (Å²) < 4.78 is 0. The normalized spacial score (nSPS) is 13.5. The maximum absolute atomic E-state index is 11.1. The van der Waals surface area contributed by atoms with E-state index in [-0.39, 0.29) is 5.41 Å². The third-order valence-electron chi connectivity index (χ3n) is 2.37. The number of benzene rings is 1. The van der Waals surface area contributed by atoms with E-state index in [0.29, 0.717) is 5.69 Å². The van der Waals surface area contributed by atoms with E-state index in [0.717, 1.165) is 5.56 Å². The monoisotopic (exact) mass is 206 g/mol. The summed E-state index contributed by atoms with van der Waals surface area (Å²) in [5.41, 5.74) is 6.55. The number of carbonyl (C=O) groups excluding carboxylic acids is 1. The molecule has 1 rings (SSSR count). The zero-order chi connectivity index (χ0) is 11.6. The van der Waals surface area contributed by atoms with E-state index in [1.165, 1.54) is 0 Å². The fraction of sp³-hybridized carbons (Fsp3) is 0.417. The first-order valence-corrected chi connectivity index (χ1v) is 4.88. The fourth-order valence-corrected chi connectivity index (χ4v) is 1.68. The fourth-order valence-electron chi connectivity index (χ4n) is 1.68. The Morgan fingerprint density at radius 2 is 1.73 bits per heavy atom. The van der Waals surface area contributed by atoms with Crippen molar-refractivity contribution >= 4 is 11.7 Å². The van der Waals surface area contributed by atoms with Crippen LogP contribution in [0.3, 0.4) is 0 Å². The number of aliphatic carboxylic acids is 1. The van der Waals surface area contributed by atoms with Crippen LogP contribution in [0, 0.1) is 5.41 Å². The highest BCUT2D eigenvalue weighted by Crippen LogP contribution is 2.34. The number of carboxylic acid groups (broad SMARTS) is 1. The Labute approximate surface area is 89.9 Å². The first-order chi connectivity index (χ1) is 6.82. The molecule has 3 nitrogen and oxygen atoms in total. The van der Waals surface area contributed by atoms with Crippen LogP contribution in [0.5, 0.6) is 0 Å². The first kappa shape index (κ1) is 11.6. The number of nitrogen functional groups attached to an aromatic ring is 1. The molecule has 0 aromatic heterocycles. The molecule has 0 aliphatic heterocycles. The molecule has 82 valence electrons. The Morgan fingerprint density at radius 3 is 2.07 bits per heavy atom. The van der Waals surface area contributed by atoms with Crippen LogP contribution in [0.4, 0.5) is 5.69 Å². The molecule has 1 unspecified atom stereocenters. The van der Waals surface area contributed by atoms with Crippen molar-refractivity contribution in [3.05, 3.63) is 29.8 Å². The van der Waals surface area contributed by atoms with Crippen LogP contribution >= 0.6 is 0 Å². The van der Waals surface area contributed by atoms with Crippen molar-refractivity contribution in [2.75, 3.05) is 5.73 Å². The van der Waals surface area contributed by atoms with Gasteiger partial charge in [0.25, 0.3) is 0 Å². The summed E-state index contributed by atoms with van der Waals surface area (Å²) in [6.07, 6.45) is 0. The average molecular weight is 206 g/mol. The van der Waals surface area contributed by atoms with Crippen LogP contribution < -0.4 is 10.8 Å². The van der Waals surface area contributed by atoms with Crippen molar-refractivity contribution in [2.45, 2.75) is 26.7 Å². The SMILES string of the molecule is CC(C)(C)C(C(=O)[O-])c1ccc(N)cc1. The molecule has 1 atom stereocenters. The second-order valence-corrected chi connectivity index (χ2v) is 4.78. The number of hydrogen-bond donors (Lipinski definition) is 1. The molecule has 2 N–H and O–H groups in total. The molecule has 0 spiro atoms. The van der Waals surface area contributed by atoms with E-state index in [2.05, 4.69) is 0 Å². The van der Waals surface area contributed by atoms with Gasteiger partial charge >= 0.3 is 0 Å². The third-order valence-corrected chi connectivity index (χ3v) is 2.37. The summed E-state index contributed by atoms with van der Waals surface area (Å²) in [7, 11) is 0. The minimum atomic E-state index is -1.05. The van der Waals surface area contributed by atoms with Gasteiger partial charge in [-0.15, -0.1) is 0 Å². The highest BCUT2D eigenvalue weighted by molar-refractivity contribution is 5.75. The van der Waals surface area contributed by atoms with Crippen molar-refractivity contribution in [1.82, 2.24) is 0 Å². The van der Waals surface area contributed by atoms with Gasteiger partial charge in [0.15, 0.2) is 0 Å². The lowest BCUT2D eigenvalue weighted by Crippen LogP contribution is -2.37. The summed E-state index contributed by atoms with van der Waals surface area (Å²) in [5.74, 6) is -1.66. The smallest absolute Gasteiger partial charge is 0.0494 e. The Kier molecular flexibility index (Phi) is 3.03. The van der Waals surface area contributed by atoms with E-state index in [9.17, 15) is 9.90 Å². The Morgan fingerprint density at radius 1 is 1.27 bits per heavy atom. The minimum Gasteiger partial charge on any atom is -0.549 e. The molecule has 0 saturated carbocycles. The predicted octanol–water partition coefficient (Wildman–Crippen LogP) is 1.15. The molecule has 1 aromatic carbocycles. The molecule has 0 bridgehead atoms. The van der Waals surface area contributed by atoms with Crippen molar-refractivity contribution in [1.29, 1.82) is 0 Å². The van der Waals surface area contributed by atoms with E-state index >= 15 is 0 Å². The van der Waals surface area contributed by atoms with Gasteiger partial charge in [-0.05, 0) is 23.1 Å². The van der Waals surface area contributed by atoms with Gasteiger partial charge in [-0.1, -0.05) is 32.9 Å². The lowest BCUT2D eigenvalue weighted by atomic mass is 9.76. The molecule has 0 amide bonds. The molecule has 1 aromatic rings. The average Bonchev–Trinajstić information content (AvgIpc) is 2.05. The van der Waals surface area contributed by atoms with E-state index in [1.54, 1.807) is 24.3 Å². The molecule has 0 fully saturated rings. The van der Waals surface area contributed by atoms with Gasteiger partial charge in [-0.25, -0.2) is 0 Å². The molecule has 0 heterocycles. The summed E-state index contributed by atoms with van der Waals surface area (Å²) in [6, 6.07) is 6.89. The highest BCUT2D eigenvalue weighted by Gasteiger charge is 2.27. The molecular weight excluding hydrogens is 190 g/mol. The number of nitrogens with two attached hydrogens (primary N) is 1. The molecular formula is C12H16NO2-. The zero-order valence-corrected chi connectivity index (χ0v) is 9.28. The number of hydrogen-bond acceptors (Lipinski definition) is 3. The molecule has 0 aliphatic rings. The van der Waals surface area contributed by atoms with Gasteiger partial charge in [-0.3, -0.25) is 0 Å². The molecule has 0 saturated heterocycles. The highest BCUT2D eigenvalue weighted by atomic mass is 16.4. The van der Waals surface area contributed by atoms with Gasteiger partial charge in [0.1, 0.15) is 0 Å². The van der Waals surface area contributed by atoms with E-state index in [4.69, 9.17) is 5.73 Å². The van der Waals surface area contributed by atoms with Crippen molar-refractivity contribution in [2.24, 2.45) is 5.41 Å². The number of anilines is 1. The van der Waals surface area contributed by atoms with Crippen molar-refractivity contribution in [3.63, 3.8) is 0 Å². The maximum atomic E-state index is 11.1. The maximum Gasteiger partial charge on any atom is 0.0494 e. The van der Waals surface area contributed by atoms with Crippen LogP contribution in [-0.4, -0.2) is 5.97 Å². The minimum absolute atomic E-state index is 0.366. The van der Waals surface area contributed by atoms with Crippen LogP contribution in [-0.2, 0) is 4.79 Å². The second kappa shape index (κ2) is 3.93. The van der Waals surface area contributed by atoms with Gasteiger partial charge in [0.05, 0.1) is 0 Å². The lowest BCUT2D eigenvalue weighted by molar-refractivity contribution is -0.310. The molecule has 15 heavy (non-hydrogen) atoms. The summed E-state index contributed by atoms with van der Waals surface area (Å²) in [6.45, 7) is 5.64. The summed E-state index contributed by atoms with van der Waals surface area (Å²) in [5, 5.41) is 11.1. The third kappa shape index (κ3) is 2.72. The lowest BCUT2D eigenvalue weighted by Gasteiger charge is -2.31.